The SMILES string of the molecule is C[C@@H](CCC[C@@H](C)[C@H]1C[C@H](OS(=O)(=O)O)C2C3C[C@@H](O)[C@@]4(O)C[C@@H](O)CC[C@]4(C)C3CC[C@@]21C)CO[C@@H]1OC[C@@H](O)[C@H](O)[C@H]1O. The van der Waals surface area contributed by atoms with Crippen LogP contribution in [-0.2, 0) is 24.1 Å². The Morgan fingerprint density at radius 1 is 0.978 bits per heavy atom. The first-order chi connectivity index (χ1) is 20.9. The summed E-state index contributed by atoms with van der Waals surface area (Å²) in [5.74, 6) is 0.193. The fourth-order valence-corrected chi connectivity index (χ4v) is 11.2. The predicted octanol–water partition coefficient (Wildman–Crippen LogP) is 1.79. The minimum absolute atomic E-state index is 0.0231. The number of hydrogen-bond acceptors (Lipinski definition) is 11. The van der Waals surface area contributed by atoms with Crippen LogP contribution in [0.15, 0.2) is 0 Å². The summed E-state index contributed by atoms with van der Waals surface area (Å²) in [7, 11) is -4.71. The summed E-state index contributed by atoms with van der Waals surface area (Å²) in [6.07, 6.45) is -0.954. The molecule has 4 aliphatic carbocycles. The van der Waals surface area contributed by atoms with Gasteiger partial charge in [0.1, 0.15) is 18.3 Å². The van der Waals surface area contributed by atoms with Crippen molar-refractivity contribution in [3.05, 3.63) is 0 Å². The summed E-state index contributed by atoms with van der Waals surface area (Å²) in [6.45, 7) is 8.66. The van der Waals surface area contributed by atoms with Crippen molar-refractivity contribution >= 4 is 10.4 Å². The van der Waals surface area contributed by atoms with E-state index >= 15 is 0 Å². The molecule has 3 unspecified atom stereocenters. The van der Waals surface area contributed by atoms with Crippen molar-refractivity contribution in [3.63, 3.8) is 0 Å². The van der Waals surface area contributed by atoms with Crippen LogP contribution in [0.1, 0.15) is 91.9 Å². The quantitative estimate of drug-likeness (QED) is 0.167. The van der Waals surface area contributed by atoms with E-state index in [0.29, 0.717) is 32.3 Å². The fourth-order valence-electron chi connectivity index (χ4n) is 10.7. The molecule has 1 aliphatic heterocycles. The third-order valence-electron chi connectivity index (χ3n) is 13.2. The van der Waals surface area contributed by atoms with Gasteiger partial charge in [0.25, 0.3) is 0 Å². The van der Waals surface area contributed by atoms with Crippen LogP contribution in [-0.4, -0.2) is 105 Å². The van der Waals surface area contributed by atoms with Crippen LogP contribution < -0.4 is 0 Å². The molecule has 1 heterocycles. The van der Waals surface area contributed by atoms with E-state index in [-0.39, 0.29) is 54.0 Å². The topological polar surface area (TPSA) is 203 Å². The van der Waals surface area contributed by atoms with Gasteiger partial charge in [-0.15, -0.1) is 0 Å². The molecule has 0 amide bonds. The smallest absolute Gasteiger partial charge is 0.393 e. The molecule has 0 spiro atoms. The molecule has 13 heteroatoms. The second-order valence-corrected chi connectivity index (χ2v) is 16.9. The molecule has 0 radical (unpaired) electrons. The van der Waals surface area contributed by atoms with Crippen molar-refractivity contribution in [1.82, 2.24) is 0 Å². The molecular weight excluding hydrogens is 608 g/mol. The van der Waals surface area contributed by atoms with Crippen molar-refractivity contribution in [2.45, 2.75) is 140 Å². The monoisotopic (exact) mass is 664 g/mol. The predicted molar refractivity (Wildman–Crippen MR) is 162 cm³/mol. The normalized spacial score (nSPS) is 49.9. The first-order valence-electron chi connectivity index (χ1n) is 16.9. The van der Waals surface area contributed by atoms with Crippen molar-refractivity contribution < 1.29 is 57.3 Å². The van der Waals surface area contributed by atoms with Gasteiger partial charge in [0.15, 0.2) is 6.29 Å². The van der Waals surface area contributed by atoms with Crippen LogP contribution >= 0.6 is 0 Å². The second kappa shape index (κ2) is 13.1. The Hall–Kier alpha value is -0.450. The summed E-state index contributed by atoms with van der Waals surface area (Å²) in [5.41, 5.74) is -2.33. The lowest BCUT2D eigenvalue weighted by molar-refractivity contribution is -0.272. The molecule has 5 rings (SSSR count). The average Bonchev–Trinajstić information content (AvgIpc) is 3.24. The highest BCUT2D eigenvalue weighted by Crippen LogP contribution is 2.69. The molecule has 0 aromatic rings. The zero-order chi connectivity index (χ0) is 33.1. The molecule has 5 fully saturated rings. The summed E-state index contributed by atoms with van der Waals surface area (Å²) >= 11 is 0. The molecule has 262 valence electrons. The summed E-state index contributed by atoms with van der Waals surface area (Å²) < 4.78 is 50.4. The van der Waals surface area contributed by atoms with Gasteiger partial charge in [-0.25, -0.2) is 4.18 Å². The second-order valence-electron chi connectivity index (χ2n) is 15.8. The minimum Gasteiger partial charge on any atom is -0.393 e. The van der Waals surface area contributed by atoms with Gasteiger partial charge >= 0.3 is 10.4 Å². The molecule has 12 nitrogen and oxygen atoms in total. The molecule has 1 saturated heterocycles. The zero-order valence-corrected chi connectivity index (χ0v) is 27.9. The van der Waals surface area contributed by atoms with Gasteiger partial charge < -0.3 is 40.1 Å². The van der Waals surface area contributed by atoms with Crippen LogP contribution in [0.5, 0.6) is 0 Å². The van der Waals surface area contributed by atoms with Crippen LogP contribution in [0.4, 0.5) is 0 Å². The molecule has 0 aromatic heterocycles. The van der Waals surface area contributed by atoms with Gasteiger partial charge in [0.05, 0.1) is 37.1 Å². The lowest BCUT2D eigenvalue weighted by atomic mass is 9.42. The molecule has 0 aromatic carbocycles. The molecule has 16 atom stereocenters. The Bertz CT molecular complexity index is 1140. The van der Waals surface area contributed by atoms with Gasteiger partial charge in [-0.1, -0.05) is 40.5 Å². The van der Waals surface area contributed by atoms with E-state index in [2.05, 4.69) is 13.8 Å². The maximum atomic E-state index is 12.1. The zero-order valence-electron chi connectivity index (χ0n) is 27.1. The van der Waals surface area contributed by atoms with Crippen LogP contribution in [0.3, 0.4) is 0 Å². The molecule has 5 aliphatic rings. The number of hydrogen-bond donors (Lipinski definition) is 7. The van der Waals surface area contributed by atoms with Crippen molar-refractivity contribution in [1.29, 1.82) is 0 Å². The summed E-state index contributed by atoms with van der Waals surface area (Å²) in [5, 5.41) is 63.2. The molecular formula is C32H56O12S. The number of ether oxygens (including phenoxy) is 2. The summed E-state index contributed by atoms with van der Waals surface area (Å²) in [4.78, 5) is 0. The molecule has 45 heavy (non-hydrogen) atoms. The molecule has 4 saturated carbocycles. The number of aliphatic hydroxyl groups excluding tert-OH is 5. The maximum Gasteiger partial charge on any atom is 0.397 e. The van der Waals surface area contributed by atoms with Crippen LogP contribution in [0, 0.1) is 46.3 Å². The average molecular weight is 665 g/mol. The Kier molecular flexibility index (Phi) is 10.4. The van der Waals surface area contributed by atoms with Gasteiger partial charge in [-0.2, -0.15) is 8.42 Å². The summed E-state index contributed by atoms with van der Waals surface area (Å²) in [6, 6.07) is 0. The van der Waals surface area contributed by atoms with E-state index in [4.69, 9.17) is 13.7 Å². The largest absolute Gasteiger partial charge is 0.397 e. The number of aliphatic hydroxyl groups is 6. The Morgan fingerprint density at radius 2 is 1.69 bits per heavy atom. The van der Waals surface area contributed by atoms with Gasteiger partial charge in [-0.3, -0.25) is 4.55 Å². The van der Waals surface area contributed by atoms with Crippen LogP contribution in [0.25, 0.3) is 0 Å². The Morgan fingerprint density at radius 3 is 2.38 bits per heavy atom. The van der Waals surface area contributed by atoms with Crippen molar-refractivity contribution in [2.24, 2.45) is 46.3 Å². The van der Waals surface area contributed by atoms with E-state index in [1.54, 1.807) is 0 Å². The fraction of sp³-hybridized carbons (Fsp3) is 1.00. The third kappa shape index (κ3) is 6.62. The Labute approximate surface area is 267 Å². The van der Waals surface area contributed by atoms with Crippen molar-refractivity contribution in [2.75, 3.05) is 13.2 Å². The van der Waals surface area contributed by atoms with E-state index in [1.165, 1.54) is 0 Å². The molecule has 7 N–H and O–H groups in total. The lowest BCUT2D eigenvalue weighted by Gasteiger charge is -2.65. The van der Waals surface area contributed by atoms with E-state index in [1.807, 2.05) is 13.8 Å². The standard InChI is InChI=1S/C32H56O12S/c1-17(15-42-29-28(37)27(36)23(34)16-43-29)6-5-7-18(2)22-13-24(44-45(39,40)41)26-20-12-25(35)32(38)14-19(33)8-11-31(32,4)21(20)9-10-30(22,26)3/h17-29,33-38H,5-16H2,1-4H3,(H,39,40,41)/t17-,18+,19-,20?,21?,22+,23+,24-,25+,26?,27-,28+,29+,30+,31+,32-/m0/s1. The van der Waals surface area contributed by atoms with E-state index < -0.39 is 64.3 Å². The molecule has 0 bridgehead atoms. The van der Waals surface area contributed by atoms with Crippen LogP contribution in [0.2, 0.25) is 0 Å². The first kappa shape index (κ1) is 35.8. The number of rotatable bonds is 10. The van der Waals surface area contributed by atoms with Gasteiger partial charge in [0, 0.05) is 11.8 Å². The number of fused-ring (bicyclic) bond motifs is 5. The van der Waals surface area contributed by atoms with E-state index in [9.17, 15) is 43.6 Å². The first-order valence-corrected chi connectivity index (χ1v) is 18.3. The van der Waals surface area contributed by atoms with E-state index in [0.717, 1.165) is 32.1 Å². The highest BCUT2D eigenvalue weighted by Gasteiger charge is 2.69. The maximum absolute atomic E-state index is 12.1. The highest BCUT2D eigenvalue weighted by molar-refractivity contribution is 7.80. The highest BCUT2D eigenvalue weighted by atomic mass is 32.3. The Balaban J connectivity index is 1.25. The van der Waals surface area contributed by atoms with Crippen molar-refractivity contribution in [3.8, 4) is 0 Å². The minimum atomic E-state index is -4.71. The van der Waals surface area contributed by atoms with Gasteiger partial charge in [-0.05, 0) is 85.9 Å². The van der Waals surface area contributed by atoms with Gasteiger partial charge in [0.2, 0.25) is 0 Å². The third-order valence-corrected chi connectivity index (χ3v) is 13.6. The lowest BCUT2D eigenvalue weighted by Crippen LogP contribution is -2.69.